The van der Waals surface area contributed by atoms with Crippen molar-refractivity contribution in [3.8, 4) is 0 Å². The van der Waals surface area contributed by atoms with Crippen LogP contribution in [0.3, 0.4) is 0 Å². The summed E-state index contributed by atoms with van der Waals surface area (Å²) in [5.74, 6) is -0.717. The maximum atomic E-state index is 12.9. The van der Waals surface area contributed by atoms with Crippen LogP contribution in [-0.4, -0.2) is 27.5 Å². The Bertz CT molecular complexity index is 626. The van der Waals surface area contributed by atoms with Gasteiger partial charge in [-0.15, -0.1) is 0 Å². The fourth-order valence-corrected chi connectivity index (χ4v) is 2.29. The maximum Gasteiger partial charge on any atom is 0.290 e. The number of aromatic nitrogens is 2. The molecule has 6 nitrogen and oxygen atoms in total. The molecule has 7 heteroatoms. The van der Waals surface area contributed by atoms with Gasteiger partial charge in [0.25, 0.3) is 11.7 Å². The molecule has 1 fully saturated rings. The standard InChI is InChI=1S/C13H13FN4O2/c14-9-3-1-8(2-4-9)10-5-6-18(10)7-11-16-13(12(15)19)17-20-11/h1-4,10H,5-7H2,(H2,15,19)/t10-/m0/s1. The fraction of sp³-hybridized carbons (Fsp3) is 0.308. The molecule has 0 radical (unpaired) electrons. The molecule has 20 heavy (non-hydrogen) atoms. The Balaban J connectivity index is 1.68. The van der Waals surface area contributed by atoms with E-state index in [9.17, 15) is 9.18 Å². The number of nitrogens with two attached hydrogens (primary N) is 1. The first-order chi connectivity index (χ1) is 9.63. The number of rotatable bonds is 4. The molecule has 1 amide bonds. The molecule has 2 N–H and O–H groups in total. The highest BCUT2D eigenvalue weighted by atomic mass is 19.1. The normalized spacial score (nSPS) is 18.8. The summed E-state index contributed by atoms with van der Waals surface area (Å²) in [6.07, 6.45) is 0.989. The molecule has 0 unspecified atom stereocenters. The molecular formula is C13H13FN4O2. The molecule has 0 spiro atoms. The molecule has 1 aliphatic heterocycles. The van der Waals surface area contributed by atoms with Gasteiger partial charge in [-0.25, -0.2) is 4.39 Å². The van der Waals surface area contributed by atoms with Gasteiger partial charge in [0.05, 0.1) is 6.54 Å². The first-order valence-electron chi connectivity index (χ1n) is 6.25. The van der Waals surface area contributed by atoms with Gasteiger partial charge in [0.2, 0.25) is 5.89 Å². The van der Waals surface area contributed by atoms with Crippen LogP contribution < -0.4 is 5.73 Å². The summed E-state index contributed by atoms with van der Waals surface area (Å²) in [6.45, 7) is 1.33. The topological polar surface area (TPSA) is 85.2 Å². The Morgan fingerprint density at radius 2 is 2.20 bits per heavy atom. The van der Waals surface area contributed by atoms with Crippen LogP contribution in [0.4, 0.5) is 4.39 Å². The molecule has 1 aliphatic rings. The zero-order valence-electron chi connectivity index (χ0n) is 10.6. The Morgan fingerprint density at radius 3 is 2.75 bits per heavy atom. The number of nitrogens with zero attached hydrogens (tertiary/aromatic N) is 3. The quantitative estimate of drug-likeness (QED) is 0.908. The third-order valence-corrected chi connectivity index (χ3v) is 3.41. The zero-order valence-corrected chi connectivity index (χ0v) is 10.6. The Labute approximate surface area is 114 Å². The van der Waals surface area contributed by atoms with Gasteiger partial charge >= 0.3 is 0 Å². The molecule has 1 aromatic heterocycles. The summed E-state index contributed by atoms with van der Waals surface area (Å²) < 4.78 is 17.9. The van der Waals surface area contributed by atoms with Gasteiger partial charge in [0, 0.05) is 12.6 Å². The average Bonchev–Trinajstić information content (AvgIpc) is 2.86. The van der Waals surface area contributed by atoms with E-state index in [0.717, 1.165) is 18.5 Å². The van der Waals surface area contributed by atoms with E-state index >= 15 is 0 Å². The third kappa shape index (κ3) is 2.39. The molecule has 1 saturated heterocycles. The van der Waals surface area contributed by atoms with Crippen molar-refractivity contribution in [3.63, 3.8) is 0 Å². The maximum absolute atomic E-state index is 12.9. The number of likely N-dealkylation sites (tertiary alicyclic amines) is 1. The Hall–Kier alpha value is -2.28. The van der Waals surface area contributed by atoms with E-state index in [0.29, 0.717) is 12.4 Å². The van der Waals surface area contributed by atoms with Gasteiger partial charge in [0.15, 0.2) is 0 Å². The largest absolute Gasteiger partial charge is 0.363 e. The SMILES string of the molecule is NC(=O)c1noc(CN2CC[C@H]2c2ccc(F)cc2)n1. The Kier molecular flexibility index (Phi) is 3.19. The second kappa shape index (κ2) is 5.01. The molecule has 2 heterocycles. The highest BCUT2D eigenvalue weighted by Crippen LogP contribution is 2.34. The van der Waals surface area contributed by atoms with E-state index in [1.807, 2.05) is 0 Å². The minimum Gasteiger partial charge on any atom is -0.363 e. The highest BCUT2D eigenvalue weighted by molar-refractivity contribution is 5.88. The lowest BCUT2D eigenvalue weighted by Crippen LogP contribution is -2.40. The number of halogens is 1. The van der Waals surface area contributed by atoms with Crippen molar-refractivity contribution in [2.24, 2.45) is 5.73 Å². The van der Waals surface area contributed by atoms with Gasteiger partial charge in [-0.3, -0.25) is 9.69 Å². The number of hydrogen-bond donors (Lipinski definition) is 1. The number of amides is 1. The number of carbonyl (C=O) groups excluding carboxylic acids is 1. The fourth-order valence-electron chi connectivity index (χ4n) is 2.29. The second-order valence-corrected chi connectivity index (χ2v) is 4.70. The number of primary amides is 1. The summed E-state index contributed by atoms with van der Waals surface area (Å²) in [7, 11) is 0. The summed E-state index contributed by atoms with van der Waals surface area (Å²) in [5, 5.41) is 3.50. The van der Waals surface area contributed by atoms with Crippen molar-refractivity contribution >= 4 is 5.91 Å². The van der Waals surface area contributed by atoms with E-state index in [2.05, 4.69) is 15.0 Å². The van der Waals surface area contributed by atoms with Crippen LogP contribution in [0.1, 0.15) is 34.5 Å². The Morgan fingerprint density at radius 1 is 1.45 bits per heavy atom. The van der Waals surface area contributed by atoms with Gasteiger partial charge in [-0.05, 0) is 24.1 Å². The molecule has 104 valence electrons. The van der Waals surface area contributed by atoms with Crippen molar-refractivity contribution in [1.29, 1.82) is 0 Å². The van der Waals surface area contributed by atoms with Crippen molar-refractivity contribution in [2.75, 3.05) is 6.54 Å². The van der Waals surface area contributed by atoms with Crippen molar-refractivity contribution < 1.29 is 13.7 Å². The summed E-state index contributed by atoms with van der Waals surface area (Å²) >= 11 is 0. The summed E-state index contributed by atoms with van der Waals surface area (Å²) in [4.78, 5) is 16.9. The molecule has 1 atom stereocenters. The first-order valence-corrected chi connectivity index (χ1v) is 6.25. The lowest BCUT2D eigenvalue weighted by atomic mass is 9.95. The van der Waals surface area contributed by atoms with E-state index in [1.54, 1.807) is 12.1 Å². The van der Waals surface area contributed by atoms with E-state index in [1.165, 1.54) is 12.1 Å². The van der Waals surface area contributed by atoms with Gasteiger partial charge in [-0.1, -0.05) is 17.3 Å². The molecule has 3 rings (SSSR count). The summed E-state index contributed by atoms with van der Waals surface area (Å²) in [5.41, 5.74) is 6.11. The first kappa shape index (κ1) is 12.7. The predicted octanol–water partition coefficient (Wildman–Crippen LogP) is 1.25. The number of carbonyl (C=O) groups is 1. The summed E-state index contributed by atoms with van der Waals surface area (Å²) in [6, 6.07) is 6.65. The minimum atomic E-state index is -0.710. The van der Waals surface area contributed by atoms with Crippen LogP contribution >= 0.6 is 0 Å². The molecular weight excluding hydrogens is 263 g/mol. The molecule has 1 aromatic carbocycles. The molecule has 2 aromatic rings. The van der Waals surface area contributed by atoms with Crippen molar-refractivity contribution in [2.45, 2.75) is 19.0 Å². The average molecular weight is 276 g/mol. The number of benzene rings is 1. The van der Waals surface area contributed by atoms with E-state index < -0.39 is 5.91 Å². The van der Waals surface area contributed by atoms with Crippen LogP contribution in [0.2, 0.25) is 0 Å². The second-order valence-electron chi connectivity index (χ2n) is 4.70. The highest BCUT2D eigenvalue weighted by Gasteiger charge is 2.30. The monoisotopic (exact) mass is 276 g/mol. The lowest BCUT2D eigenvalue weighted by Gasteiger charge is -2.40. The van der Waals surface area contributed by atoms with E-state index in [4.69, 9.17) is 10.3 Å². The van der Waals surface area contributed by atoms with Crippen molar-refractivity contribution in [3.05, 3.63) is 47.4 Å². The molecule has 0 bridgehead atoms. The van der Waals surface area contributed by atoms with Crippen LogP contribution in [0.25, 0.3) is 0 Å². The van der Waals surface area contributed by atoms with Crippen molar-refractivity contribution in [1.82, 2.24) is 15.0 Å². The van der Waals surface area contributed by atoms with Crippen LogP contribution in [0, 0.1) is 5.82 Å². The number of hydrogen-bond acceptors (Lipinski definition) is 5. The van der Waals surface area contributed by atoms with Gasteiger partial charge in [-0.2, -0.15) is 4.98 Å². The predicted molar refractivity (Wildman–Crippen MR) is 67.0 cm³/mol. The van der Waals surface area contributed by atoms with E-state index in [-0.39, 0.29) is 17.7 Å². The molecule has 0 aliphatic carbocycles. The van der Waals surface area contributed by atoms with Crippen LogP contribution in [0.5, 0.6) is 0 Å². The minimum absolute atomic E-state index is 0.112. The van der Waals surface area contributed by atoms with Gasteiger partial charge < -0.3 is 10.3 Å². The van der Waals surface area contributed by atoms with Gasteiger partial charge in [0.1, 0.15) is 5.82 Å². The molecule has 0 saturated carbocycles. The zero-order chi connectivity index (χ0) is 14.1. The third-order valence-electron chi connectivity index (χ3n) is 3.41. The van der Waals surface area contributed by atoms with Crippen LogP contribution in [-0.2, 0) is 6.54 Å². The lowest BCUT2D eigenvalue weighted by molar-refractivity contribution is 0.0690. The van der Waals surface area contributed by atoms with Crippen LogP contribution in [0.15, 0.2) is 28.8 Å². The smallest absolute Gasteiger partial charge is 0.290 e.